The van der Waals surface area contributed by atoms with E-state index in [2.05, 4.69) is 5.32 Å². The summed E-state index contributed by atoms with van der Waals surface area (Å²) in [5.41, 5.74) is 5.26. The first-order chi connectivity index (χ1) is 9.40. The molecule has 1 atom stereocenters. The molecular weight excluding hydrogens is 286 g/mol. The highest BCUT2D eigenvalue weighted by Crippen LogP contribution is 2.08. The molecule has 0 aromatic rings. The molecule has 1 heterocycles. The molecule has 1 saturated heterocycles. The molecule has 1 aliphatic rings. The van der Waals surface area contributed by atoms with E-state index in [-0.39, 0.29) is 24.0 Å². The normalized spacial score (nSPS) is 16.1. The average Bonchev–Trinajstić information content (AvgIpc) is 2.74. The van der Waals surface area contributed by atoms with Gasteiger partial charge in [0.1, 0.15) is 6.04 Å². The molecular formula is C11H17N3O5S. The molecule has 8 nitrogen and oxygen atoms in total. The molecule has 0 aliphatic carbocycles. The number of carbonyl (C=O) groups excluding carboxylic acids is 3. The Morgan fingerprint density at radius 3 is 2.65 bits per heavy atom. The smallest absolute Gasteiger partial charge is 0.321 e. The van der Waals surface area contributed by atoms with Crippen molar-refractivity contribution in [2.24, 2.45) is 5.73 Å². The van der Waals surface area contributed by atoms with E-state index in [1.54, 1.807) is 0 Å². The molecule has 20 heavy (non-hydrogen) atoms. The number of carboxylic acid groups (broad SMARTS) is 1. The lowest BCUT2D eigenvalue weighted by Gasteiger charge is -2.14. The first-order valence-electron chi connectivity index (χ1n) is 6.06. The van der Waals surface area contributed by atoms with E-state index in [9.17, 15) is 19.2 Å². The Kier molecular flexibility index (Phi) is 6.46. The second-order valence-corrected chi connectivity index (χ2v) is 5.38. The second-order valence-electron chi connectivity index (χ2n) is 4.35. The van der Waals surface area contributed by atoms with Crippen molar-refractivity contribution < 1.29 is 24.3 Å². The Labute approximate surface area is 120 Å². The van der Waals surface area contributed by atoms with Crippen LogP contribution in [0.5, 0.6) is 0 Å². The molecule has 4 N–H and O–H groups in total. The number of nitrogens with two attached hydrogens (primary N) is 1. The van der Waals surface area contributed by atoms with E-state index in [1.807, 2.05) is 0 Å². The van der Waals surface area contributed by atoms with Gasteiger partial charge in [-0.3, -0.25) is 24.5 Å². The number of likely N-dealkylation sites (tertiary alicyclic amines) is 1. The zero-order chi connectivity index (χ0) is 15.1. The molecule has 9 heteroatoms. The van der Waals surface area contributed by atoms with Crippen LogP contribution in [0, 0.1) is 0 Å². The Morgan fingerprint density at radius 1 is 1.40 bits per heavy atom. The molecule has 0 saturated carbocycles. The van der Waals surface area contributed by atoms with Crippen LogP contribution < -0.4 is 11.1 Å². The van der Waals surface area contributed by atoms with Gasteiger partial charge in [-0.05, 0) is 6.42 Å². The zero-order valence-corrected chi connectivity index (χ0v) is 11.6. The van der Waals surface area contributed by atoms with Crippen molar-refractivity contribution in [2.75, 3.05) is 24.6 Å². The van der Waals surface area contributed by atoms with Gasteiger partial charge in [0.15, 0.2) is 0 Å². The number of hydrogen-bond donors (Lipinski definition) is 3. The van der Waals surface area contributed by atoms with Crippen molar-refractivity contribution in [1.29, 1.82) is 0 Å². The number of amides is 3. The van der Waals surface area contributed by atoms with Crippen LogP contribution in [-0.2, 0) is 19.2 Å². The lowest BCUT2D eigenvalue weighted by atomic mass is 10.4. The monoisotopic (exact) mass is 303 g/mol. The van der Waals surface area contributed by atoms with E-state index in [0.29, 0.717) is 13.0 Å². The second kappa shape index (κ2) is 7.85. The first kappa shape index (κ1) is 16.4. The summed E-state index contributed by atoms with van der Waals surface area (Å²) in [5, 5.41) is 10.7. The van der Waals surface area contributed by atoms with Crippen LogP contribution in [0.2, 0.25) is 0 Å². The van der Waals surface area contributed by atoms with Crippen LogP contribution in [0.25, 0.3) is 0 Å². The number of nitrogens with zero attached hydrogens (tertiary/aromatic N) is 1. The number of hydrogen-bond acceptors (Lipinski definition) is 6. The summed E-state index contributed by atoms with van der Waals surface area (Å²) in [6, 6.07) is -1.04. The molecule has 0 spiro atoms. The Bertz CT molecular complexity index is 415. The van der Waals surface area contributed by atoms with Gasteiger partial charge in [-0.25, -0.2) is 0 Å². The molecule has 1 rings (SSSR count). The number of aliphatic carboxylic acids is 1. The Hall–Kier alpha value is -1.61. The van der Waals surface area contributed by atoms with E-state index >= 15 is 0 Å². The summed E-state index contributed by atoms with van der Waals surface area (Å²) in [6.45, 7) is 0.409. The summed E-state index contributed by atoms with van der Waals surface area (Å²) in [5.74, 6) is -2.25. The number of nitrogens with one attached hydrogen (secondary N) is 1. The fraction of sp³-hybridized carbons (Fsp3) is 0.636. The van der Waals surface area contributed by atoms with Crippen molar-refractivity contribution in [1.82, 2.24) is 10.2 Å². The zero-order valence-electron chi connectivity index (χ0n) is 10.8. The van der Waals surface area contributed by atoms with Gasteiger partial charge in [0, 0.05) is 18.7 Å². The predicted molar refractivity (Wildman–Crippen MR) is 71.9 cm³/mol. The molecule has 3 amide bonds. The summed E-state index contributed by atoms with van der Waals surface area (Å²) in [4.78, 5) is 46.1. The summed E-state index contributed by atoms with van der Waals surface area (Å²) >= 11 is 1.03. The van der Waals surface area contributed by atoms with E-state index in [0.717, 1.165) is 18.2 Å². The van der Waals surface area contributed by atoms with Crippen LogP contribution in [0.4, 0.5) is 0 Å². The fourth-order valence-electron chi connectivity index (χ4n) is 1.63. The van der Waals surface area contributed by atoms with Crippen molar-refractivity contribution >= 4 is 35.5 Å². The third-order valence-electron chi connectivity index (χ3n) is 2.63. The lowest BCUT2D eigenvalue weighted by Crippen LogP contribution is -2.41. The Balaban J connectivity index is 2.19. The summed E-state index contributed by atoms with van der Waals surface area (Å²) < 4.78 is 0. The highest BCUT2D eigenvalue weighted by atomic mass is 32.2. The van der Waals surface area contributed by atoms with Gasteiger partial charge in [-0.1, -0.05) is 0 Å². The standard InChI is InChI=1S/C11H17N3O5S/c12-7(11(18)19)5-20-6-9(16)13-8(15)4-14-3-1-2-10(14)17/h7H,1-6,12H2,(H,18,19)(H,13,15,16)/t7-/m1/s1. The number of rotatable bonds is 7. The number of thioether (sulfide) groups is 1. The molecule has 0 aromatic heterocycles. The minimum absolute atomic E-state index is 0.0549. The average molecular weight is 303 g/mol. The SMILES string of the molecule is N[C@H](CSCC(=O)NC(=O)CN1CCCC1=O)C(=O)O. The van der Waals surface area contributed by atoms with Crippen LogP contribution in [0.1, 0.15) is 12.8 Å². The van der Waals surface area contributed by atoms with Gasteiger partial charge >= 0.3 is 5.97 Å². The van der Waals surface area contributed by atoms with Crippen molar-refractivity contribution in [3.63, 3.8) is 0 Å². The highest BCUT2D eigenvalue weighted by Gasteiger charge is 2.23. The quantitative estimate of drug-likeness (QED) is 0.516. The van der Waals surface area contributed by atoms with Crippen molar-refractivity contribution in [3.8, 4) is 0 Å². The molecule has 0 radical (unpaired) electrons. The van der Waals surface area contributed by atoms with Gasteiger partial charge in [-0.15, -0.1) is 11.8 Å². The minimum Gasteiger partial charge on any atom is -0.480 e. The van der Waals surface area contributed by atoms with Gasteiger partial charge in [0.25, 0.3) is 0 Å². The lowest BCUT2D eigenvalue weighted by molar-refractivity contribution is -0.138. The molecule has 0 unspecified atom stereocenters. The first-order valence-corrected chi connectivity index (χ1v) is 7.22. The van der Waals surface area contributed by atoms with Crippen LogP contribution in [0.15, 0.2) is 0 Å². The van der Waals surface area contributed by atoms with E-state index < -0.39 is 23.8 Å². The number of carboxylic acids is 1. The predicted octanol–water partition coefficient (Wildman–Crippen LogP) is -1.60. The maximum Gasteiger partial charge on any atom is 0.321 e. The maximum atomic E-state index is 11.5. The van der Waals surface area contributed by atoms with E-state index in [4.69, 9.17) is 10.8 Å². The number of carbonyl (C=O) groups is 4. The largest absolute Gasteiger partial charge is 0.480 e. The summed E-state index contributed by atoms with van der Waals surface area (Å²) in [6.07, 6.45) is 1.16. The molecule has 112 valence electrons. The third kappa shape index (κ3) is 5.57. The summed E-state index contributed by atoms with van der Waals surface area (Å²) in [7, 11) is 0. The maximum absolute atomic E-state index is 11.5. The fourth-order valence-corrected chi connectivity index (χ4v) is 2.40. The molecule has 0 aromatic carbocycles. The molecule has 0 bridgehead atoms. The van der Waals surface area contributed by atoms with Gasteiger partial charge < -0.3 is 15.7 Å². The minimum atomic E-state index is -1.14. The number of imide groups is 1. The molecule has 1 fully saturated rings. The van der Waals surface area contributed by atoms with Gasteiger partial charge in [0.2, 0.25) is 17.7 Å². The highest BCUT2D eigenvalue weighted by molar-refractivity contribution is 8.00. The van der Waals surface area contributed by atoms with Gasteiger partial charge in [0.05, 0.1) is 12.3 Å². The van der Waals surface area contributed by atoms with Crippen LogP contribution in [-0.4, -0.2) is 64.3 Å². The van der Waals surface area contributed by atoms with Gasteiger partial charge in [-0.2, -0.15) is 0 Å². The van der Waals surface area contributed by atoms with Crippen LogP contribution >= 0.6 is 11.8 Å². The topological polar surface area (TPSA) is 130 Å². The molecule has 1 aliphatic heterocycles. The third-order valence-corrected chi connectivity index (χ3v) is 3.69. The van der Waals surface area contributed by atoms with Crippen molar-refractivity contribution in [3.05, 3.63) is 0 Å². The van der Waals surface area contributed by atoms with Crippen LogP contribution in [0.3, 0.4) is 0 Å². The van der Waals surface area contributed by atoms with Crippen molar-refractivity contribution in [2.45, 2.75) is 18.9 Å². The van der Waals surface area contributed by atoms with E-state index in [1.165, 1.54) is 4.90 Å². The Morgan fingerprint density at radius 2 is 2.10 bits per heavy atom.